The summed E-state index contributed by atoms with van der Waals surface area (Å²) in [6.07, 6.45) is 3.42. The van der Waals surface area contributed by atoms with Gasteiger partial charge in [0.25, 0.3) is 0 Å². The molecule has 94 valence electrons. The molecule has 7 heteroatoms. The van der Waals surface area contributed by atoms with Gasteiger partial charge >= 0.3 is 5.69 Å². The summed E-state index contributed by atoms with van der Waals surface area (Å²) in [4.78, 5) is 17.5. The summed E-state index contributed by atoms with van der Waals surface area (Å²) < 4.78 is 5.36. The number of hydrogen-bond acceptors (Lipinski definition) is 6. The molecule has 1 aromatic rings. The first-order valence-corrected chi connectivity index (χ1v) is 5.41. The minimum atomic E-state index is -0.528. The summed E-state index contributed by atoms with van der Waals surface area (Å²) in [5, 5.41) is 13.3. The molecular weight excluding hydrogens is 224 g/mol. The molecule has 0 aromatic carbocycles. The fraction of sp³-hybridized carbons (Fsp3) is 0.600. The van der Waals surface area contributed by atoms with Crippen LogP contribution in [-0.2, 0) is 4.74 Å². The molecular formula is C10H16N4O3. The summed E-state index contributed by atoms with van der Waals surface area (Å²) in [5.41, 5.74) is -0.112. The van der Waals surface area contributed by atoms with Gasteiger partial charge in [-0.15, -0.1) is 0 Å². The van der Waals surface area contributed by atoms with E-state index in [0.717, 1.165) is 6.42 Å². The second-order valence-electron chi connectivity index (χ2n) is 3.72. The van der Waals surface area contributed by atoms with Gasteiger partial charge in [-0.2, -0.15) is 0 Å². The Morgan fingerprint density at radius 2 is 2.12 bits per heavy atom. The quantitative estimate of drug-likeness (QED) is 0.442. The maximum Gasteiger partial charge on any atom is 0.305 e. The van der Waals surface area contributed by atoms with Crippen LogP contribution >= 0.6 is 0 Å². The van der Waals surface area contributed by atoms with Crippen LogP contribution in [-0.4, -0.2) is 34.1 Å². The van der Waals surface area contributed by atoms with E-state index in [9.17, 15) is 10.1 Å². The van der Waals surface area contributed by atoms with Gasteiger partial charge in [-0.1, -0.05) is 0 Å². The van der Waals surface area contributed by atoms with Gasteiger partial charge in [0.05, 0.1) is 11.0 Å². The van der Waals surface area contributed by atoms with Crippen molar-refractivity contribution in [3.8, 4) is 0 Å². The number of rotatable bonds is 7. The first kappa shape index (κ1) is 13.3. The second-order valence-corrected chi connectivity index (χ2v) is 3.72. The highest BCUT2D eigenvalue weighted by Crippen LogP contribution is 2.07. The van der Waals surface area contributed by atoms with Crippen LogP contribution in [0.25, 0.3) is 0 Å². The summed E-state index contributed by atoms with van der Waals surface area (Å²) in [6.45, 7) is 5.29. The number of ether oxygens (including phenoxy) is 1. The molecule has 0 saturated heterocycles. The molecule has 0 atom stereocenters. The Bertz CT molecular complexity index is 353. The molecule has 0 aliphatic carbocycles. The van der Waals surface area contributed by atoms with E-state index in [1.807, 2.05) is 13.8 Å². The van der Waals surface area contributed by atoms with Crippen LogP contribution < -0.4 is 5.32 Å². The minimum absolute atomic E-state index is 0.112. The van der Waals surface area contributed by atoms with Crippen molar-refractivity contribution in [1.29, 1.82) is 0 Å². The van der Waals surface area contributed by atoms with E-state index in [0.29, 0.717) is 19.1 Å². The molecule has 1 aromatic heterocycles. The summed E-state index contributed by atoms with van der Waals surface area (Å²) >= 11 is 0. The monoisotopic (exact) mass is 240 g/mol. The standard InChI is InChI=1S/C10H16N4O3/c1-8(2)17-5-3-4-11-10-12-6-9(7-13-10)14(15)16/h6-8H,3-5H2,1-2H3,(H,11,12,13). The fourth-order valence-corrected chi connectivity index (χ4v) is 1.10. The normalized spacial score (nSPS) is 10.5. The van der Waals surface area contributed by atoms with E-state index in [1.54, 1.807) is 0 Å². The molecule has 7 nitrogen and oxygen atoms in total. The Morgan fingerprint density at radius 3 is 2.65 bits per heavy atom. The van der Waals surface area contributed by atoms with E-state index in [4.69, 9.17) is 4.74 Å². The molecule has 0 bridgehead atoms. The lowest BCUT2D eigenvalue weighted by Gasteiger charge is -2.07. The third-order valence-corrected chi connectivity index (χ3v) is 1.90. The van der Waals surface area contributed by atoms with Gasteiger partial charge in [-0.3, -0.25) is 10.1 Å². The largest absolute Gasteiger partial charge is 0.379 e. The highest BCUT2D eigenvalue weighted by molar-refractivity contribution is 5.30. The first-order valence-electron chi connectivity index (χ1n) is 5.41. The first-order chi connectivity index (χ1) is 8.09. The Hall–Kier alpha value is -1.76. The summed E-state index contributed by atoms with van der Waals surface area (Å²) in [6, 6.07) is 0. The van der Waals surface area contributed by atoms with Gasteiger partial charge in [0.2, 0.25) is 5.95 Å². The van der Waals surface area contributed by atoms with Crippen molar-refractivity contribution in [2.45, 2.75) is 26.4 Å². The molecule has 0 unspecified atom stereocenters. The zero-order chi connectivity index (χ0) is 12.7. The zero-order valence-corrected chi connectivity index (χ0v) is 9.92. The van der Waals surface area contributed by atoms with E-state index in [1.165, 1.54) is 12.4 Å². The van der Waals surface area contributed by atoms with Crippen molar-refractivity contribution in [2.75, 3.05) is 18.5 Å². The summed E-state index contributed by atoms with van der Waals surface area (Å²) in [5.74, 6) is 0.389. The molecule has 0 spiro atoms. The van der Waals surface area contributed by atoms with Crippen LogP contribution in [0.15, 0.2) is 12.4 Å². The van der Waals surface area contributed by atoms with Crippen molar-refractivity contribution in [3.63, 3.8) is 0 Å². The molecule has 0 radical (unpaired) electrons. The van der Waals surface area contributed by atoms with Gasteiger partial charge in [0, 0.05) is 13.2 Å². The molecule has 1 heterocycles. The number of nitrogens with one attached hydrogen (secondary N) is 1. The van der Waals surface area contributed by atoms with Crippen LogP contribution in [0.5, 0.6) is 0 Å². The molecule has 17 heavy (non-hydrogen) atoms. The van der Waals surface area contributed by atoms with Gasteiger partial charge in [0.1, 0.15) is 12.4 Å². The van der Waals surface area contributed by atoms with Gasteiger partial charge < -0.3 is 10.1 Å². The fourth-order valence-electron chi connectivity index (χ4n) is 1.10. The molecule has 1 rings (SSSR count). The van der Waals surface area contributed by atoms with Crippen LogP contribution in [0.4, 0.5) is 11.6 Å². The lowest BCUT2D eigenvalue weighted by molar-refractivity contribution is -0.385. The predicted molar refractivity (Wildman–Crippen MR) is 62.9 cm³/mol. The maximum absolute atomic E-state index is 10.4. The van der Waals surface area contributed by atoms with E-state index in [2.05, 4.69) is 15.3 Å². The topological polar surface area (TPSA) is 90.2 Å². The highest BCUT2D eigenvalue weighted by atomic mass is 16.6. The highest BCUT2D eigenvalue weighted by Gasteiger charge is 2.05. The number of nitrogens with zero attached hydrogens (tertiary/aromatic N) is 3. The zero-order valence-electron chi connectivity index (χ0n) is 9.92. The average Bonchev–Trinajstić information content (AvgIpc) is 2.29. The van der Waals surface area contributed by atoms with E-state index >= 15 is 0 Å². The Balaban J connectivity index is 2.25. The minimum Gasteiger partial charge on any atom is -0.379 e. The maximum atomic E-state index is 10.4. The van der Waals surface area contributed by atoms with Crippen molar-refractivity contribution in [3.05, 3.63) is 22.5 Å². The lowest BCUT2D eigenvalue weighted by Crippen LogP contribution is -2.10. The van der Waals surface area contributed by atoms with E-state index in [-0.39, 0.29) is 11.8 Å². The third-order valence-electron chi connectivity index (χ3n) is 1.90. The number of aromatic nitrogens is 2. The van der Waals surface area contributed by atoms with Crippen LogP contribution in [0.1, 0.15) is 20.3 Å². The van der Waals surface area contributed by atoms with E-state index < -0.39 is 4.92 Å². The van der Waals surface area contributed by atoms with Crippen LogP contribution in [0.3, 0.4) is 0 Å². The lowest BCUT2D eigenvalue weighted by atomic mass is 10.4. The van der Waals surface area contributed by atoms with Crippen molar-refractivity contribution < 1.29 is 9.66 Å². The third kappa shape index (κ3) is 5.21. The molecule has 0 aliphatic rings. The molecule has 1 N–H and O–H groups in total. The molecule has 0 amide bonds. The van der Waals surface area contributed by atoms with Crippen molar-refractivity contribution in [2.24, 2.45) is 0 Å². The van der Waals surface area contributed by atoms with Gasteiger partial charge in [-0.05, 0) is 20.3 Å². The Labute approximate surface area is 99.4 Å². The number of anilines is 1. The number of nitro groups is 1. The SMILES string of the molecule is CC(C)OCCCNc1ncc([N+](=O)[O-])cn1. The van der Waals surface area contributed by atoms with Crippen LogP contribution in [0.2, 0.25) is 0 Å². The van der Waals surface area contributed by atoms with Crippen molar-refractivity contribution in [1.82, 2.24) is 9.97 Å². The van der Waals surface area contributed by atoms with Gasteiger partial charge in [0.15, 0.2) is 0 Å². The predicted octanol–water partition coefficient (Wildman–Crippen LogP) is 1.61. The Morgan fingerprint density at radius 1 is 1.47 bits per heavy atom. The molecule has 0 fully saturated rings. The second kappa shape index (κ2) is 6.74. The number of hydrogen-bond donors (Lipinski definition) is 1. The average molecular weight is 240 g/mol. The Kier molecular flexibility index (Phi) is 5.28. The van der Waals surface area contributed by atoms with Crippen molar-refractivity contribution >= 4 is 11.6 Å². The smallest absolute Gasteiger partial charge is 0.305 e. The molecule has 0 saturated carbocycles. The summed E-state index contributed by atoms with van der Waals surface area (Å²) in [7, 11) is 0. The van der Waals surface area contributed by atoms with Gasteiger partial charge in [-0.25, -0.2) is 9.97 Å². The van der Waals surface area contributed by atoms with Crippen LogP contribution in [0, 0.1) is 10.1 Å². The molecule has 0 aliphatic heterocycles.